The van der Waals surface area contributed by atoms with E-state index in [0.29, 0.717) is 28.2 Å². The highest BCUT2D eigenvalue weighted by Crippen LogP contribution is 2.36. The Balaban J connectivity index is 1.36. The third-order valence-corrected chi connectivity index (χ3v) is 5.03. The molecule has 0 saturated heterocycles. The Bertz CT molecular complexity index is 1130. The molecule has 170 valence electrons. The Morgan fingerprint density at radius 2 is 1.85 bits per heavy atom. The molecule has 1 heterocycles. The Labute approximate surface area is 190 Å². The van der Waals surface area contributed by atoms with Crippen molar-refractivity contribution in [2.24, 2.45) is 0 Å². The lowest BCUT2D eigenvalue weighted by Gasteiger charge is -2.28. The van der Waals surface area contributed by atoms with Crippen molar-refractivity contribution in [1.29, 1.82) is 0 Å². The maximum Gasteiger partial charge on any atom is 0.325 e. The first-order valence-electron chi connectivity index (χ1n) is 10.3. The molecule has 1 N–H and O–H groups in total. The van der Waals surface area contributed by atoms with E-state index in [0.717, 1.165) is 5.56 Å². The van der Waals surface area contributed by atoms with Gasteiger partial charge in [0.15, 0.2) is 0 Å². The number of hydrogen-bond acceptors (Lipinski definition) is 6. The fraction of sp³-hybridized carbons (Fsp3) is 0.200. The second-order valence-electron chi connectivity index (χ2n) is 7.30. The number of esters is 1. The predicted molar refractivity (Wildman–Crippen MR) is 116 cm³/mol. The second-order valence-corrected chi connectivity index (χ2v) is 7.30. The van der Waals surface area contributed by atoms with Crippen molar-refractivity contribution in [2.75, 3.05) is 13.7 Å². The number of amides is 1. The Morgan fingerprint density at radius 3 is 2.58 bits per heavy atom. The van der Waals surface area contributed by atoms with E-state index in [1.165, 1.54) is 19.2 Å². The molecule has 0 bridgehead atoms. The number of benzene rings is 3. The minimum absolute atomic E-state index is 0.158. The van der Waals surface area contributed by atoms with E-state index in [2.05, 4.69) is 5.32 Å². The molecule has 33 heavy (non-hydrogen) atoms. The van der Waals surface area contributed by atoms with E-state index in [1.54, 1.807) is 24.3 Å². The van der Waals surface area contributed by atoms with Gasteiger partial charge in [0.05, 0.1) is 13.7 Å². The monoisotopic (exact) mass is 451 g/mol. The lowest BCUT2D eigenvalue weighted by atomic mass is 10.1. The molecule has 0 fully saturated rings. The van der Waals surface area contributed by atoms with E-state index >= 15 is 0 Å². The molecule has 4 rings (SSSR count). The van der Waals surface area contributed by atoms with Gasteiger partial charge >= 0.3 is 5.97 Å². The summed E-state index contributed by atoms with van der Waals surface area (Å²) >= 11 is 0. The lowest BCUT2D eigenvalue weighted by molar-refractivity contribution is -0.144. The van der Waals surface area contributed by atoms with E-state index in [-0.39, 0.29) is 19.8 Å². The van der Waals surface area contributed by atoms with Gasteiger partial charge < -0.3 is 24.3 Å². The van der Waals surface area contributed by atoms with Crippen LogP contribution in [-0.4, -0.2) is 25.5 Å². The normalized spacial score (nSPS) is 14.5. The molecular weight excluding hydrogens is 429 g/mol. The highest BCUT2D eigenvalue weighted by Gasteiger charge is 2.25. The second kappa shape index (κ2) is 10.1. The summed E-state index contributed by atoms with van der Waals surface area (Å²) in [6.07, 6.45) is -0.651. The Hall–Kier alpha value is -3.91. The molecular formula is C25H22FNO6. The summed E-state index contributed by atoms with van der Waals surface area (Å²) in [5.41, 5.74) is 2.10. The average molecular weight is 451 g/mol. The minimum atomic E-state index is -0.665. The van der Waals surface area contributed by atoms with Crippen molar-refractivity contribution in [3.63, 3.8) is 0 Å². The van der Waals surface area contributed by atoms with Crippen LogP contribution in [0.25, 0.3) is 0 Å². The van der Waals surface area contributed by atoms with Crippen LogP contribution in [0.1, 0.15) is 33.3 Å². The quantitative estimate of drug-likeness (QED) is 0.549. The van der Waals surface area contributed by atoms with Crippen LogP contribution in [0, 0.1) is 5.82 Å². The first-order valence-corrected chi connectivity index (χ1v) is 10.3. The molecule has 8 heteroatoms. The molecule has 3 aromatic rings. The third-order valence-electron chi connectivity index (χ3n) is 5.03. The van der Waals surface area contributed by atoms with Crippen molar-refractivity contribution in [1.82, 2.24) is 5.32 Å². The number of nitrogens with one attached hydrogen (secondary N) is 1. The van der Waals surface area contributed by atoms with Gasteiger partial charge in [-0.25, -0.2) is 4.39 Å². The standard InChI is InChI=1S/C25H22FNO6/c1-30-21-9-7-16(8-10-21)24(29)27-13-22(28)31-14-18-11-20(26)12-19-15-32-25(33-23(18)19)17-5-3-2-4-6-17/h2-12,25H,13-15H2,1H3,(H,27,29). The topological polar surface area (TPSA) is 83.1 Å². The number of methoxy groups -OCH3 is 1. The lowest BCUT2D eigenvalue weighted by Crippen LogP contribution is -2.30. The van der Waals surface area contributed by atoms with Crippen molar-refractivity contribution in [2.45, 2.75) is 19.5 Å². The average Bonchev–Trinajstić information content (AvgIpc) is 2.86. The van der Waals surface area contributed by atoms with Crippen molar-refractivity contribution >= 4 is 11.9 Å². The summed E-state index contributed by atoms with van der Waals surface area (Å²) in [5, 5.41) is 2.50. The summed E-state index contributed by atoms with van der Waals surface area (Å²) in [6, 6.07) is 18.4. The van der Waals surface area contributed by atoms with Crippen molar-refractivity contribution in [3.8, 4) is 11.5 Å². The van der Waals surface area contributed by atoms with Gasteiger partial charge in [0.1, 0.15) is 30.5 Å². The van der Waals surface area contributed by atoms with Gasteiger partial charge in [-0.15, -0.1) is 0 Å². The molecule has 0 radical (unpaired) electrons. The van der Waals surface area contributed by atoms with Crippen LogP contribution >= 0.6 is 0 Å². The molecule has 7 nitrogen and oxygen atoms in total. The number of carbonyl (C=O) groups is 2. The first kappa shape index (κ1) is 22.3. The molecule has 1 amide bonds. The van der Waals surface area contributed by atoms with Gasteiger partial charge in [0, 0.05) is 22.3 Å². The number of hydrogen-bond donors (Lipinski definition) is 1. The number of ether oxygens (including phenoxy) is 4. The molecule has 1 unspecified atom stereocenters. The zero-order chi connectivity index (χ0) is 23.2. The predicted octanol–water partition coefficient (Wildman–Crippen LogP) is 3.92. The summed E-state index contributed by atoms with van der Waals surface area (Å²) in [7, 11) is 1.53. The maximum atomic E-state index is 14.1. The van der Waals surface area contributed by atoms with Gasteiger partial charge in [0.2, 0.25) is 6.29 Å². The molecule has 1 aliphatic heterocycles. The number of fused-ring (bicyclic) bond motifs is 1. The zero-order valence-corrected chi connectivity index (χ0v) is 17.9. The Kier molecular flexibility index (Phi) is 6.85. The smallest absolute Gasteiger partial charge is 0.325 e. The van der Waals surface area contributed by atoms with Gasteiger partial charge in [0.25, 0.3) is 5.91 Å². The Morgan fingerprint density at radius 1 is 1.09 bits per heavy atom. The van der Waals surface area contributed by atoms with Crippen LogP contribution in [0.15, 0.2) is 66.7 Å². The van der Waals surface area contributed by atoms with E-state index in [1.807, 2.05) is 30.3 Å². The van der Waals surface area contributed by atoms with Crippen LogP contribution in [0.4, 0.5) is 4.39 Å². The summed E-state index contributed by atoms with van der Waals surface area (Å²) < 4.78 is 36.0. The van der Waals surface area contributed by atoms with Crippen LogP contribution in [0.2, 0.25) is 0 Å². The molecule has 0 aliphatic carbocycles. The maximum absolute atomic E-state index is 14.1. The molecule has 1 atom stereocenters. The van der Waals surface area contributed by atoms with E-state index in [4.69, 9.17) is 18.9 Å². The summed E-state index contributed by atoms with van der Waals surface area (Å²) in [5.74, 6) is -0.540. The molecule has 0 saturated carbocycles. The van der Waals surface area contributed by atoms with Crippen LogP contribution < -0.4 is 14.8 Å². The number of rotatable bonds is 7. The van der Waals surface area contributed by atoms with E-state index < -0.39 is 24.0 Å². The van der Waals surface area contributed by atoms with Gasteiger partial charge in [-0.3, -0.25) is 9.59 Å². The van der Waals surface area contributed by atoms with Crippen LogP contribution in [0.5, 0.6) is 11.5 Å². The molecule has 1 aliphatic rings. The molecule has 0 aromatic heterocycles. The van der Waals surface area contributed by atoms with Gasteiger partial charge in [-0.2, -0.15) is 0 Å². The minimum Gasteiger partial charge on any atom is -0.497 e. The van der Waals surface area contributed by atoms with Crippen molar-refractivity contribution < 1.29 is 32.9 Å². The molecule has 0 spiro atoms. The fourth-order valence-corrected chi connectivity index (χ4v) is 3.36. The third kappa shape index (κ3) is 5.48. The number of carbonyl (C=O) groups excluding carboxylic acids is 2. The summed E-state index contributed by atoms with van der Waals surface area (Å²) in [4.78, 5) is 24.4. The highest BCUT2D eigenvalue weighted by molar-refractivity contribution is 5.96. The van der Waals surface area contributed by atoms with Gasteiger partial charge in [-0.05, 0) is 36.4 Å². The largest absolute Gasteiger partial charge is 0.497 e. The zero-order valence-electron chi connectivity index (χ0n) is 17.9. The fourth-order valence-electron chi connectivity index (χ4n) is 3.36. The SMILES string of the molecule is COc1ccc(C(=O)NCC(=O)OCc2cc(F)cc3c2OC(c2ccccc2)OC3)cc1. The van der Waals surface area contributed by atoms with Crippen LogP contribution in [0.3, 0.4) is 0 Å². The van der Waals surface area contributed by atoms with Crippen molar-refractivity contribution in [3.05, 3.63) is 94.8 Å². The first-order chi connectivity index (χ1) is 16.0. The molecule has 3 aromatic carbocycles. The summed E-state index contributed by atoms with van der Waals surface area (Å²) in [6.45, 7) is -0.386. The van der Waals surface area contributed by atoms with Crippen LogP contribution in [-0.2, 0) is 27.5 Å². The van der Waals surface area contributed by atoms with Gasteiger partial charge in [-0.1, -0.05) is 30.3 Å². The van der Waals surface area contributed by atoms with E-state index in [9.17, 15) is 14.0 Å². The number of halogens is 1. The highest BCUT2D eigenvalue weighted by atomic mass is 19.1.